The van der Waals surface area contributed by atoms with E-state index in [0.29, 0.717) is 6.42 Å². The van der Waals surface area contributed by atoms with E-state index >= 15 is 0 Å². The van der Waals surface area contributed by atoms with Crippen molar-refractivity contribution < 1.29 is 4.79 Å². The van der Waals surface area contributed by atoms with Crippen molar-refractivity contribution in [2.75, 3.05) is 0 Å². The molecule has 0 aliphatic carbocycles. The monoisotopic (exact) mass is 256 g/mol. The second-order valence-corrected chi connectivity index (χ2v) is 4.87. The molecule has 0 aliphatic rings. The van der Waals surface area contributed by atoms with Crippen LogP contribution in [-0.4, -0.2) is 15.7 Å². The molecule has 3 nitrogen and oxygen atoms in total. The number of benzene rings is 1. The van der Waals surface area contributed by atoms with Crippen LogP contribution in [0.15, 0.2) is 30.3 Å². The fourth-order valence-electron chi connectivity index (χ4n) is 2.37. The van der Waals surface area contributed by atoms with Crippen LogP contribution >= 0.6 is 0 Å². The van der Waals surface area contributed by atoms with Gasteiger partial charge in [-0.15, -0.1) is 0 Å². The number of rotatable bonds is 4. The summed E-state index contributed by atoms with van der Waals surface area (Å²) < 4.78 is 1.56. The molecule has 1 aromatic heterocycles. The van der Waals surface area contributed by atoms with Gasteiger partial charge in [-0.2, -0.15) is 5.10 Å². The topological polar surface area (TPSA) is 34.9 Å². The average Bonchev–Trinajstić information content (AvgIpc) is 2.68. The minimum Gasteiger partial charge on any atom is -0.272 e. The van der Waals surface area contributed by atoms with Gasteiger partial charge < -0.3 is 0 Å². The van der Waals surface area contributed by atoms with Gasteiger partial charge in [-0.3, -0.25) is 4.79 Å². The number of carbonyl (C=O) groups excluding carboxylic acids is 1. The summed E-state index contributed by atoms with van der Waals surface area (Å²) in [6.07, 6.45) is 2.45. The summed E-state index contributed by atoms with van der Waals surface area (Å²) in [4.78, 5) is 12.3. The van der Waals surface area contributed by atoms with Crippen molar-refractivity contribution in [2.24, 2.45) is 0 Å². The Hall–Kier alpha value is -1.90. The van der Waals surface area contributed by atoms with Gasteiger partial charge in [0.2, 0.25) is 0 Å². The number of aryl methyl sites for hydroxylation is 1. The molecule has 0 amide bonds. The minimum atomic E-state index is 0.0363. The first kappa shape index (κ1) is 13.5. The van der Waals surface area contributed by atoms with Crippen LogP contribution in [0, 0.1) is 13.8 Å². The fraction of sp³-hybridized carbons (Fsp3) is 0.375. The first-order valence-corrected chi connectivity index (χ1v) is 6.75. The van der Waals surface area contributed by atoms with E-state index in [0.717, 1.165) is 29.8 Å². The fourth-order valence-corrected chi connectivity index (χ4v) is 2.37. The number of aromatic nitrogens is 2. The van der Waals surface area contributed by atoms with Crippen molar-refractivity contribution in [3.63, 3.8) is 0 Å². The molecule has 0 N–H and O–H groups in total. The average molecular weight is 256 g/mol. The van der Waals surface area contributed by atoms with Crippen molar-refractivity contribution in [1.82, 2.24) is 9.78 Å². The Balaban J connectivity index is 2.22. The van der Waals surface area contributed by atoms with E-state index in [1.165, 1.54) is 5.56 Å². The van der Waals surface area contributed by atoms with Crippen LogP contribution in [-0.2, 0) is 12.8 Å². The van der Waals surface area contributed by atoms with E-state index in [4.69, 9.17) is 0 Å². The van der Waals surface area contributed by atoms with Crippen LogP contribution in [0.5, 0.6) is 0 Å². The zero-order valence-electron chi connectivity index (χ0n) is 11.8. The van der Waals surface area contributed by atoms with Gasteiger partial charge in [0.05, 0.1) is 12.1 Å². The van der Waals surface area contributed by atoms with E-state index in [9.17, 15) is 4.79 Å². The molecule has 19 heavy (non-hydrogen) atoms. The van der Waals surface area contributed by atoms with Crippen LogP contribution in [0.2, 0.25) is 0 Å². The zero-order chi connectivity index (χ0) is 13.8. The lowest BCUT2D eigenvalue weighted by Gasteiger charge is -2.04. The number of nitrogens with zero attached hydrogens (tertiary/aromatic N) is 2. The van der Waals surface area contributed by atoms with E-state index in [-0.39, 0.29) is 5.91 Å². The van der Waals surface area contributed by atoms with Crippen molar-refractivity contribution in [3.05, 3.63) is 52.8 Å². The Kier molecular flexibility index (Phi) is 4.15. The lowest BCUT2D eigenvalue weighted by atomic mass is 10.1. The summed E-state index contributed by atoms with van der Waals surface area (Å²) in [6.45, 7) is 6.10. The first-order valence-electron chi connectivity index (χ1n) is 6.75. The lowest BCUT2D eigenvalue weighted by molar-refractivity contribution is 0.0895. The smallest absolute Gasteiger partial charge is 0.251 e. The van der Waals surface area contributed by atoms with Crippen molar-refractivity contribution in [1.29, 1.82) is 0 Å². The largest absolute Gasteiger partial charge is 0.272 e. The third-order valence-corrected chi connectivity index (χ3v) is 3.38. The summed E-state index contributed by atoms with van der Waals surface area (Å²) >= 11 is 0. The highest BCUT2D eigenvalue weighted by molar-refractivity contribution is 5.81. The molecule has 0 atom stereocenters. The summed E-state index contributed by atoms with van der Waals surface area (Å²) in [5.74, 6) is 0.0363. The molecular formula is C16H20N2O. The molecule has 100 valence electrons. The molecule has 0 fully saturated rings. The lowest BCUT2D eigenvalue weighted by Crippen LogP contribution is -2.16. The molecule has 0 saturated carbocycles. The van der Waals surface area contributed by atoms with Gasteiger partial charge in [0, 0.05) is 5.69 Å². The molecule has 0 bridgehead atoms. The number of carbonyl (C=O) groups is 1. The summed E-state index contributed by atoms with van der Waals surface area (Å²) in [6, 6.07) is 9.79. The van der Waals surface area contributed by atoms with Crippen molar-refractivity contribution in [2.45, 2.75) is 40.0 Å². The molecule has 0 aliphatic heterocycles. The van der Waals surface area contributed by atoms with E-state index in [1.807, 2.05) is 44.2 Å². The molecule has 2 rings (SSSR count). The predicted molar refractivity (Wildman–Crippen MR) is 76.5 cm³/mol. The van der Waals surface area contributed by atoms with Crippen LogP contribution in [0.4, 0.5) is 0 Å². The van der Waals surface area contributed by atoms with Crippen molar-refractivity contribution in [3.8, 4) is 0 Å². The number of hydrogen-bond donors (Lipinski definition) is 0. The molecule has 1 heterocycles. The van der Waals surface area contributed by atoms with Crippen molar-refractivity contribution >= 4 is 5.91 Å². The van der Waals surface area contributed by atoms with Gasteiger partial charge in [-0.05, 0) is 31.4 Å². The highest BCUT2D eigenvalue weighted by Crippen LogP contribution is 2.15. The summed E-state index contributed by atoms with van der Waals surface area (Å²) in [5.41, 5.74) is 4.20. The van der Waals surface area contributed by atoms with E-state index in [2.05, 4.69) is 12.0 Å². The third kappa shape index (κ3) is 2.92. The molecule has 0 spiro atoms. The van der Waals surface area contributed by atoms with Gasteiger partial charge in [0.15, 0.2) is 0 Å². The molecule has 0 saturated heterocycles. The van der Waals surface area contributed by atoms with E-state index < -0.39 is 0 Å². The number of hydrogen-bond acceptors (Lipinski definition) is 2. The van der Waals surface area contributed by atoms with Gasteiger partial charge >= 0.3 is 0 Å². The summed E-state index contributed by atoms with van der Waals surface area (Å²) in [5, 5.41) is 4.39. The molecule has 1 aromatic carbocycles. The maximum absolute atomic E-state index is 12.3. The highest BCUT2D eigenvalue weighted by atomic mass is 16.2. The second kappa shape index (κ2) is 5.83. The molecule has 2 aromatic rings. The standard InChI is InChI=1S/C16H20N2O/c1-4-8-15-12(2)17-18(13(15)3)16(19)11-14-9-6-5-7-10-14/h5-7,9-10H,4,8,11H2,1-3H3. The van der Waals surface area contributed by atoms with E-state index in [1.54, 1.807) is 4.68 Å². The first-order chi connectivity index (χ1) is 9.13. The maximum Gasteiger partial charge on any atom is 0.251 e. The van der Waals surface area contributed by atoms with Crippen LogP contribution in [0.25, 0.3) is 0 Å². The Morgan fingerprint density at radius 3 is 2.53 bits per heavy atom. The molecule has 0 radical (unpaired) electrons. The maximum atomic E-state index is 12.3. The minimum absolute atomic E-state index is 0.0363. The van der Waals surface area contributed by atoms with Crippen LogP contribution in [0.1, 0.15) is 40.7 Å². The highest BCUT2D eigenvalue weighted by Gasteiger charge is 2.15. The van der Waals surface area contributed by atoms with Gasteiger partial charge in [-0.1, -0.05) is 43.7 Å². The SMILES string of the molecule is CCCc1c(C)nn(C(=O)Cc2ccccc2)c1C. The zero-order valence-corrected chi connectivity index (χ0v) is 11.8. The molecule has 0 unspecified atom stereocenters. The quantitative estimate of drug-likeness (QED) is 0.841. The molecular weight excluding hydrogens is 236 g/mol. The Labute approximate surface area is 114 Å². The van der Waals surface area contributed by atoms with Gasteiger partial charge in [0.1, 0.15) is 0 Å². The Morgan fingerprint density at radius 2 is 1.89 bits per heavy atom. The predicted octanol–water partition coefficient (Wildman–Crippen LogP) is 3.34. The third-order valence-electron chi connectivity index (χ3n) is 3.38. The molecule has 3 heteroatoms. The van der Waals surface area contributed by atoms with Gasteiger partial charge in [0.25, 0.3) is 5.91 Å². The Morgan fingerprint density at radius 1 is 1.21 bits per heavy atom. The van der Waals surface area contributed by atoms with Gasteiger partial charge in [-0.25, -0.2) is 4.68 Å². The second-order valence-electron chi connectivity index (χ2n) is 4.87. The normalized spacial score (nSPS) is 10.7. The van der Waals surface area contributed by atoms with Crippen LogP contribution < -0.4 is 0 Å². The summed E-state index contributed by atoms with van der Waals surface area (Å²) in [7, 11) is 0. The Bertz CT molecular complexity index is 570. The van der Waals surface area contributed by atoms with Crippen LogP contribution in [0.3, 0.4) is 0 Å².